The van der Waals surface area contributed by atoms with Crippen LogP contribution in [0.3, 0.4) is 0 Å². The summed E-state index contributed by atoms with van der Waals surface area (Å²) in [4.78, 5) is 15.0. The molecule has 0 fully saturated rings. The molecular formula is C21H29N3O3. The fourth-order valence-electron chi connectivity index (χ4n) is 3.73. The van der Waals surface area contributed by atoms with E-state index in [-0.39, 0.29) is 18.1 Å². The number of carbonyl (C=O) groups excluding carboxylic acids is 1. The number of benzene rings is 1. The van der Waals surface area contributed by atoms with Crippen LogP contribution in [0.5, 0.6) is 11.5 Å². The number of carbonyl (C=O) groups is 1. The fourth-order valence-corrected chi connectivity index (χ4v) is 3.73. The topological polar surface area (TPSA) is 55.7 Å². The molecule has 3 rings (SSSR count). The molecule has 2 heterocycles. The van der Waals surface area contributed by atoms with Crippen molar-refractivity contribution in [1.29, 1.82) is 0 Å². The van der Waals surface area contributed by atoms with Crippen LogP contribution in [-0.4, -0.2) is 42.3 Å². The monoisotopic (exact) mass is 371 g/mol. The Bertz CT molecular complexity index is 783. The van der Waals surface area contributed by atoms with Gasteiger partial charge >= 0.3 is 6.03 Å². The lowest BCUT2D eigenvalue weighted by Gasteiger charge is -2.38. The number of aromatic nitrogens is 1. The Hall–Kier alpha value is -2.63. The van der Waals surface area contributed by atoms with Crippen molar-refractivity contribution in [3.05, 3.63) is 47.8 Å². The minimum atomic E-state index is -0.229. The van der Waals surface area contributed by atoms with E-state index in [2.05, 4.69) is 36.0 Å². The third-order valence-electron chi connectivity index (χ3n) is 5.34. The van der Waals surface area contributed by atoms with Gasteiger partial charge in [0, 0.05) is 36.6 Å². The number of hydrogen-bond acceptors (Lipinski definition) is 3. The highest BCUT2D eigenvalue weighted by Crippen LogP contribution is 2.39. The summed E-state index contributed by atoms with van der Waals surface area (Å²) >= 11 is 0. The molecule has 0 saturated carbocycles. The summed E-state index contributed by atoms with van der Waals surface area (Å²) in [5.74, 6) is 1.49. The first kappa shape index (κ1) is 19.1. The van der Waals surface area contributed by atoms with Crippen LogP contribution < -0.4 is 14.8 Å². The Morgan fingerprint density at radius 1 is 1.19 bits per heavy atom. The second-order valence-electron chi connectivity index (χ2n) is 6.79. The summed E-state index contributed by atoms with van der Waals surface area (Å²) in [5, 5.41) is 3.18. The summed E-state index contributed by atoms with van der Waals surface area (Å²) in [6.45, 7) is 5.61. The lowest BCUT2D eigenvalue weighted by Crippen LogP contribution is -2.49. The second-order valence-corrected chi connectivity index (χ2v) is 6.79. The number of hydrogen-bond donors (Lipinski definition) is 1. The molecular weight excluding hydrogens is 342 g/mol. The number of amides is 2. The van der Waals surface area contributed by atoms with Gasteiger partial charge in [0.15, 0.2) is 0 Å². The number of methoxy groups -OCH3 is 2. The van der Waals surface area contributed by atoms with E-state index in [1.807, 2.05) is 29.2 Å². The number of fused-ring (bicyclic) bond motifs is 1. The van der Waals surface area contributed by atoms with Crippen molar-refractivity contribution in [1.82, 2.24) is 14.8 Å². The smallest absolute Gasteiger partial charge is 0.318 e. The standard InChI is InChI=1S/C21H29N3O3/c1-5-15(6-2)22-21(25)24-13-12-23-11-7-8-18(23)20(24)17-14-16(26-3)9-10-19(17)27-4/h7-11,14-15,20H,5-6,12-13H2,1-4H3,(H,22,25)/t20-/m0/s1. The van der Waals surface area contributed by atoms with Crippen LogP contribution in [0, 0.1) is 0 Å². The quantitative estimate of drug-likeness (QED) is 0.840. The number of nitrogens with one attached hydrogen (secondary N) is 1. The summed E-state index contributed by atoms with van der Waals surface area (Å²) in [5.41, 5.74) is 2.00. The van der Waals surface area contributed by atoms with E-state index in [1.165, 1.54) is 0 Å². The number of ether oxygens (including phenoxy) is 2. The van der Waals surface area contributed by atoms with E-state index in [1.54, 1.807) is 14.2 Å². The third-order valence-corrected chi connectivity index (χ3v) is 5.34. The molecule has 0 radical (unpaired) electrons. The van der Waals surface area contributed by atoms with Crippen molar-refractivity contribution in [3.63, 3.8) is 0 Å². The molecule has 1 aliphatic heterocycles. The molecule has 146 valence electrons. The molecule has 27 heavy (non-hydrogen) atoms. The second kappa shape index (κ2) is 8.37. The first-order chi connectivity index (χ1) is 13.1. The summed E-state index contributed by atoms with van der Waals surface area (Å²) in [7, 11) is 3.30. The van der Waals surface area contributed by atoms with Crippen molar-refractivity contribution in [2.45, 2.75) is 45.3 Å². The molecule has 0 unspecified atom stereocenters. The highest BCUT2D eigenvalue weighted by atomic mass is 16.5. The predicted molar refractivity (Wildman–Crippen MR) is 105 cm³/mol. The lowest BCUT2D eigenvalue weighted by molar-refractivity contribution is 0.163. The predicted octanol–water partition coefficient (Wildman–Crippen LogP) is 3.81. The Labute approximate surface area is 161 Å². The molecule has 1 atom stereocenters. The van der Waals surface area contributed by atoms with Gasteiger partial charge in [-0.1, -0.05) is 13.8 Å². The highest BCUT2D eigenvalue weighted by Gasteiger charge is 2.34. The van der Waals surface area contributed by atoms with E-state index in [9.17, 15) is 4.79 Å². The van der Waals surface area contributed by atoms with Gasteiger partial charge in [-0.05, 0) is 43.2 Å². The Morgan fingerprint density at radius 2 is 1.96 bits per heavy atom. The maximum atomic E-state index is 13.1. The third kappa shape index (κ3) is 3.75. The molecule has 1 aromatic heterocycles. The molecule has 6 nitrogen and oxygen atoms in total. The average Bonchev–Trinajstić information content (AvgIpc) is 3.19. The maximum absolute atomic E-state index is 13.1. The maximum Gasteiger partial charge on any atom is 0.318 e. The number of urea groups is 1. The van der Waals surface area contributed by atoms with Crippen molar-refractivity contribution >= 4 is 6.03 Å². The summed E-state index contributed by atoms with van der Waals surface area (Å²) in [6.07, 6.45) is 3.89. The molecule has 1 aliphatic rings. The van der Waals surface area contributed by atoms with E-state index < -0.39 is 0 Å². The van der Waals surface area contributed by atoms with Crippen LogP contribution in [0.15, 0.2) is 36.5 Å². The van der Waals surface area contributed by atoms with E-state index in [0.29, 0.717) is 6.54 Å². The van der Waals surface area contributed by atoms with Crippen LogP contribution >= 0.6 is 0 Å². The van der Waals surface area contributed by atoms with Gasteiger partial charge in [-0.25, -0.2) is 4.79 Å². The normalized spacial score (nSPS) is 16.2. The number of nitrogens with zero attached hydrogens (tertiary/aromatic N) is 2. The SMILES string of the molecule is CCC(CC)NC(=O)N1CCn2cccc2[C@@H]1c1cc(OC)ccc1OC. The molecule has 2 aromatic rings. The van der Waals surface area contributed by atoms with Crippen LogP contribution in [0.2, 0.25) is 0 Å². The van der Waals surface area contributed by atoms with Gasteiger partial charge < -0.3 is 24.3 Å². The van der Waals surface area contributed by atoms with Gasteiger partial charge in [0.1, 0.15) is 17.5 Å². The zero-order chi connectivity index (χ0) is 19.4. The van der Waals surface area contributed by atoms with E-state index >= 15 is 0 Å². The van der Waals surface area contributed by atoms with Crippen molar-refractivity contribution < 1.29 is 14.3 Å². The Kier molecular flexibility index (Phi) is 5.94. The van der Waals surface area contributed by atoms with Crippen LogP contribution in [-0.2, 0) is 6.54 Å². The lowest BCUT2D eigenvalue weighted by atomic mass is 9.98. The van der Waals surface area contributed by atoms with Gasteiger partial charge in [-0.2, -0.15) is 0 Å². The highest BCUT2D eigenvalue weighted by molar-refractivity contribution is 5.76. The first-order valence-corrected chi connectivity index (χ1v) is 9.57. The molecule has 0 bridgehead atoms. The molecule has 0 spiro atoms. The van der Waals surface area contributed by atoms with Crippen molar-refractivity contribution in [2.24, 2.45) is 0 Å². The van der Waals surface area contributed by atoms with Crippen molar-refractivity contribution in [2.75, 3.05) is 20.8 Å². The van der Waals surface area contributed by atoms with Crippen LogP contribution in [0.25, 0.3) is 0 Å². The van der Waals surface area contributed by atoms with E-state index in [0.717, 1.165) is 42.1 Å². The van der Waals surface area contributed by atoms with Gasteiger partial charge in [-0.15, -0.1) is 0 Å². The minimum Gasteiger partial charge on any atom is -0.497 e. The minimum absolute atomic E-state index is 0.0361. The molecule has 0 saturated heterocycles. The Morgan fingerprint density at radius 3 is 2.63 bits per heavy atom. The van der Waals surface area contributed by atoms with E-state index in [4.69, 9.17) is 9.47 Å². The summed E-state index contributed by atoms with van der Waals surface area (Å²) < 4.78 is 13.2. The number of rotatable bonds is 6. The zero-order valence-corrected chi connectivity index (χ0v) is 16.6. The molecule has 6 heteroatoms. The molecule has 1 aromatic carbocycles. The molecule has 2 amide bonds. The summed E-state index contributed by atoms with van der Waals surface area (Å²) in [6, 6.07) is 9.74. The molecule has 0 aliphatic carbocycles. The fraction of sp³-hybridized carbons (Fsp3) is 0.476. The first-order valence-electron chi connectivity index (χ1n) is 9.57. The van der Waals surface area contributed by atoms with Gasteiger partial charge in [0.25, 0.3) is 0 Å². The molecule has 1 N–H and O–H groups in total. The van der Waals surface area contributed by atoms with Gasteiger partial charge in [-0.3, -0.25) is 0 Å². The zero-order valence-electron chi connectivity index (χ0n) is 16.6. The van der Waals surface area contributed by atoms with Crippen LogP contribution in [0.1, 0.15) is 44.0 Å². The van der Waals surface area contributed by atoms with Crippen molar-refractivity contribution in [3.8, 4) is 11.5 Å². The van der Waals surface area contributed by atoms with Gasteiger partial charge in [0.2, 0.25) is 0 Å². The Balaban J connectivity index is 2.04. The van der Waals surface area contributed by atoms with Gasteiger partial charge in [0.05, 0.1) is 14.2 Å². The largest absolute Gasteiger partial charge is 0.497 e. The van der Waals surface area contributed by atoms with Crippen LogP contribution in [0.4, 0.5) is 4.79 Å². The average molecular weight is 371 g/mol.